The molecule has 2 amide bonds. The lowest BCUT2D eigenvalue weighted by Crippen LogP contribution is -2.36. The van der Waals surface area contributed by atoms with Gasteiger partial charge >= 0.3 is 0 Å². The van der Waals surface area contributed by atoms with E-state index in [4.69, 9.17) is 0 Å². The number of carbonyl (C=O) groups excluding carboxylic acids is 2. The van der Waals surface area contributed by atoms with Crippen LogP contribution < -0.4 is 10.6 Å². The van der Waals surface area contributed by atoms with Gasteiger partial charge in [-0.2, -0.15) is 0 Å². The number of amides is 2. The smallest absolute Gasteiger partial charge is 0.230 e. The highest BCUT2D eigenvalue weighted by Crippen LogP contribution is 2.19. The second-order valence-electron chi connectivity index (χ2n) is 5.37. The summed E-state index contributed by atoms with van der Waals surface area (Å²) in [5, 5.41) is 5.26. The van der Waals surface area contributed by atoms with E-state index in [2.05, 4.69) is 10.6 Å². The highest BCUT2D eigenvalue weighted by Gasteiger charge is 2.07. The van der Waals surface area contributed by atoms with Crippen LogP contribution in [0.2, 0.25) is 0 Å². The van der Waals surface area contributed by atoms with Crippen molar-refractivity contribution in [3.8, 4) is 0 Å². The van der Waals surface area contributed by atoms with Crippen molar-refractivity contribution in [1.82, 2.24) is 10.6 Å². The van der Waals surface area contributed by atoms with Gasteiger partial charge in [-0.1, -0.05) is 12.1 Å². The predicted molar refractivity (Wildman–Crippen MR) is 93.2 cm³/mol. The highest BCUT2D eigenvalue weighted by atomic mass is 32.2. The van der Waals surface area contributed by atoms with Gasteiger partial charge in [0.2, 0.25) is 11.8 Å². The van der Waals surface area contributed by atoms with Gasteiger partial charge in [0.1, 0.15) is 5.82 Å². The van der Waals surface area contributed by atoms with Gasteiger partial charge in [-0.05, 0) is 35.9 Å². The van der Waals surface area contributed by atoms with Crippen molar-refractivity contribution >= 4 is 23.6 Å². The number of nitrogens with one attached hydrogen (secondary N) is 2. The van der Waals surface area contributed by atoms with Gasteiger partial charge in [-0.3, -0.25) is 9.59 Å². The molecular formula is C18H17F3N2O2S. The molecule has 0 bridgehead atoms. The fourth-order valence-corrected chi connectivity index (χ4v) is 2.77. The Labute approximate surface area is 153 Å². The molecule has 0 aliphatic heterocycles. The van der Waals surface area contributed by atoms with Crippen molar-refractivity contribution in [2.75, 3.05) is 18.8 Å². The first-order chi connectivity index (χ1) is 12.4. The molecule has 0 unspecified atom stereocenters. The lowest BCUT2D eigenvalue weighted by molar-refractivity contribution is -0.121. The summed E-state index contributed by atoms with van der Waals surface area (Å²) in [6, 6.07) is 9.07. The summed E-state index contributed by atoms with van der Waals surface area (Å²) in [7, 11) is 0. The third-order valence-corrected chi connectivity index (χ3v) is 4.30. The first-order valence-corrected chi connectivity index (χ1v) is 8.78. The molecule has 0 saturated carbocycles. The van der Waals surface area contributed by atoms with E-state index in [0.29, 0.717) is 10.5 Å². The van der Waals surface area contributed by atoms with Crippen LogP contribution in [-0.4, -0.2) is 30.7 Å². The molecular weight excluding hydrogens is 365 g/mol. The first-order valence-electron chi connectivity index (χ1n) is 7.80. The Morgan fingerprint density at radius 1 is 0.846 bits per heavy atom. The SMILES string of the molecule is O=C(CSc1ccc(F)c(F)c1)NCCNC(=O)Cc1ccc(F)cc1. The molecule has 2 rings (SSSR count). The standard InChI is InChI=1S/C18H17F3N2O2S/c19-13-3-1-12(2-4-13)9-17(24)22-7-8-23-18(25)11-26-14-5-6-15(20)16(21)10-14/h1-6,10H,7-9,11H2,(H,22,24)(H,23,25). The summed E-state index contributed by atoms with van der Waals surface area (Å²) in [6.07, 6.45) is 0.125. The molecule has 0 aliphatic carbocycles. The number of hydrogen-bond donors (Lipinski definition) is 2. The number of benzene rings is 2. The van der Waals surface area contributed by atoms with Crippen molar-refractivity contribution in [2.45, 2.75) is 11.3 Å². The van der Waals surface area contributed by atoms with Gasteiger partial charge < -0.3 is 10.6 Å². The number of thioether (sulfide) groups is 1. The Morgan fingerprint density at radius 3 is 2.15 bits per heavy atom. The Balaban J connectivity index is 1.61. The minimum absolute atomic E-state index is 0.0502. The van der Waals surface area contributed by atoms with Gasteiger partial charge in [-0.25, -0.2) is 13.2 Å². The fourth-order valence-electron chi connectivity index (χ4n) is 2.02. The third kappa shape index (κ3) is 6.79. The maximum absolute atomic E-state index is 13.1. The molecule has 0 atom stereocenters. The van der Waals surface area contributed by atoms with E-state index >= 15 is 0 Å². The van der Waals surface area contributed by atoms with Crippen molar-refractivity contribution < 1.29 is 22.8 Å². The van der Waals surface area contributed by atoms with Crippen LogP contribution in [0.15, 0.2) is 47.4 Å². The zero-order valence-corrected chi connectivity index (χ0v) is 14.5. The molecule has 0 radical (unpaired) electrons. The van der Waals surface area contributed by atoms with Crippen molar-refractivity contribution in [2.24, 2.45) is 0 Å². The van der Waals surface area contributed by atoms with Crippen LogP contribution in [0.4, 0.5) is 13.2 Å². The van der Waals surface area contributed by atoms with E-state index in [9.17, 15) is 22.8 Å². The van der Waals surface area contributed by atoms with Crippen LogP contribution in [-0.2, 0) is 16.0 Å². The van der Waals surface area contributed by atoms with Gasteiger partial charge in [0.05, 0.1) is 12.2 Å². The predicted octanol–water partition coefficient (Wildman–Crippen LogP) is 2.67. The Hall–Kier alpha value is -2.48. The highest BCUT2D eigenvalue weighted by molar-refractivity contribution is 8.00. The summed E-state index contributed by atoms with van der Waals surface area (Å²) >= 11 is 1.08. The zero-order chi connectivity index (χ0) is 18.9. The van der Waals surface area contributed by atoms with Gasteiger partial charge in [0.25, 0.3) is 0 Å². The maximum Gasteiger partial charge on any atom is 0.230 e. The van der Waals surface area contributed by atoms with E-state index in [1.807, 2.05) is 0 Å². The van der Waals surface area contributed by atoms with Crippen LogP contribution in [0.5, 0.6) is 0 Å². The molecule has 0 aliphatic rings. The van der Waals surface area contributed by atoms with Crippen LogP contribution in [0.3, 0.4) is 0 Å². The molecule has 2 aromatic carbocycles. The molecule has 0 saturated heterocycles. The molecule has 2 N–H and O–H groups in total. The summed E-state index contributed by atoms with van der Waals surface area (Å²) < 4.78 is 38.6. The normalized spacial score (nSPS) is 10.4. The van der Waals surface area contributed by atoms with E-state index in [-0.39, 0.29) is 42.9 Å². The lowest BCUT2D eigenvalue weighted by atomic mass is 10.1. The third-order valence-electron chi connectivity index (χ3n) is 3.31. The minimum atomic E-state index is -0.959. The monoisotopic (exact) mass is 382 g/mol. The van der Waals surface area contributed by atoms with Crippen molar-refractivity contribution in [3.63, 3.8) is 0 Å². The van der Waals surface area contributed by atoms with Gasteiger partial charge in [0.15, 0.2) is 11.6 Å². The van der Waals surface area contributed by atoms with E-state index in [1.54, 1.807) is 0 Å². The Kier molecular flexibility index (Phi) is 7.53. The Morgan fingerprint density at radius 2 is 1.50 bits per heavy atom. The van der Waals surface area contributed by atoms with Crippen LogP contribution in [0.1, 0.15) is 5.56 Å². The first kappa shape index (κ1) is 19.8. The van der Waals surface area contributed by atoms with Gasteiger partial charge in [0, 0.05) is 18.0 Å². The van der Waals surface area contributed by atoms with Crippen LogP contribution in [0.25, 0.3) is 0 Å². The van der Waals surface area contributed by atoms with E-state index in [1.165, 1.54) is 30.3 Å². The molecule has 4 nitrogen and oxygen atoms in total. The summed E-state index contributed by atoms with van der Waals surface area (Å²) in [5.41, 5.74) is 0.691. The second kappa shape index (κ2) is 9.86. The van der Waals surface area contributed by atoms with Crippen molar-refractivity contribution in [1.29, 1.82) is 0 Å². The summed E-state index contributed by atoms with van der Waals surface area (Å²) in [6.45, 7) is 0.494. The van der Waals surface area contributed by atoms with E-state index < -0.39 is 11.6 Å². The largest absolute Gasteiger partial charge is 0.354 e. The zero-order valence-electron chi connectivity index (χ0n) is 13.7. The maximum atomic E-state index is 13.1. The molecule has 0 heterocycles. The summed E-state index contributed by atoms with van der Waals surface area (Å²) in [4.78, 5) is 23.9. The molecule has 0 spiro atoms. The Bertz CT molecular complexity index is 770. The molecule has 2 aromatic rings. The molecule has 0 fully saturated rings. The quantitative estimate of drug-likeness (QED) is 0.545. The average Bonchev–Trinajstić information content (AvgIpc) is 2.62. The topological polar surface area (TPSA) is 58.2 Å². The summed E-state index contributed by atoms with van der Waals surface area (Å²) in [5.74, 6) is -2.73. The number of hydrogen-bond acceptors (Lipinski definition) is 3. The molecule has 26 heavy (non-hydrogen) atoms. The average molecular weight is 382 g/mol. The van der Waals surface area contributed by atoms with Crippen LogP contribution >= 0.6 is 11.8 Å². The minimum Gasteiger partial charge on any atom is -0.354 e. The molecule has 138 valence electrons. The van der Waals surface area contributed by atoms with Crippen molar-refractivity contribution in [3.05, 3.63) is 65.5 Å². The second-order valence-corrected chi connectivity index (χ2v) is 6.42. The fraction of sp³-hybridized carbons (Fsp3) is 0.222. The number of rotatable bonds is 8. The molecule has 8 heteroatoms. The number of halogens is 3. The number of carbonyl (C=O) groups is 2. The lowest BCUT2D eigenvalue weighted by Gasteiger charge is -2.07. The molecule has 0 aromatic heterocycles. The van der Waals surface area contributed by atoms with E-state index in [0.717, 1.165) is 23.9 Å². The van der Waals surface area contributed by atoms with Gasteiger partial charge in [-0.15, -0.1) is 11.8 Å². The van der Waals surface area contributed by atoms with Crippen LogP contribution in [0, 0.1) is 17.5 Å².